The van der Waals surface area contributed by atoms with Gasteiger partial charge in [-0.3, -0.25) is 9.36 Å². The molecule has 1 fully saturated rings. The Balaban J connectivity index is 1.30. The van der Waals surface area contributed by atoms with Crippen LogP contribution in [0.2, 0.25) is 5.02 Å². The third-order valence-electron chi connectivity index (χ3n) is 7.60. The molecule has 1 saturated heterocycles. The summed E-state index contributed by atoms with van der Waals surface area (Å²) in [5.74, 6) is 1.13. The van der Waals surface area contributed by atoms with Crippen LogP contribution in [0.1, 0.15) is 37.1 Å². The fourth-order valence-corrected chi connectivity index (χ4v) is 5.66. The fraction of sp³-hybridized carbons (Fsp3) is 0.300. The van der Waals surface area contributed by atoms with Gasteiger partial charge in [0.05, 0.1) is 0 Å². The first-order chi connectivity index (χ1) is 19.8. The summed E-state index contributed by atoms with van der Waals surface area (Å²) < 4.78 is 21.7. The van der Waals surface area contributed by atoms with E-state index in [1.165, 1.54) is 6.07 Å². The first-order valence-corrected chi connectivity index (χ1v) is 13.9. The molecule has 11 heteroatoms. The number of anilines is 2. The van der Waals surface area contributed by atoms with Crippen molar-refractivity contribution in [1.82, 2.24) is 29.6 Å². The van der Waals surface area contributed by atoms with E-state index in [1.807, 2.05) is 19.1 Å². The lowest BCUT2D eigenvalue weighted by Gasteiger charge is -2.29. The fourth-order valence-electron chi connectivity index (χ4n) is 5.38. The molecule has 4 heterocycles. The van der Waals surface area contributed by atoms with Crippen molar-refractivity contribution in [3.8, 4) is 22.5 Å². The van der Waals surface area contributed by atoms with E-state index in [0.29, 0.717) is 56.7 Å². The smallest absolute Gasteiger partial charge is 0.260 e. The van der Waals surface area contributed by atoms with Crippen LogP contribution in [0.25, 0.3) is 33.5 Å². The number of pyridine rings is 1. The van der Waals surface area contributed by atoms with Gasteiger partial charge in [0.1, 0.15) is 11.5 Å². The number of hydrogen-bond donors (Lipinski definition) is 1. The van der Waals surface area contributed by atoms with E-state index in [2.05, 4.69) is 37.4 Å². The van der Waals surface area contributed by atoms with Crippen molar-refractivity contribution in [2.45, 2.75) is 39.2 Å². The summed E-state index contributed by atoms with van der Waals surface area (Å²) in [4.78, 5) is 29.1. The van der Waals surface area contributed by atoms with E-state index in [9.17, 15) is 4.79 Å². The van der Waals surface area contributed by atoms with E-state index in [4.69, 9.17) is 16.1 Å². The molecule has 0 spiro atoms. The molecular weight excluding hydrogens is 545 g/mol. The SMILES string of the molecule is CCn1c(=O)c(-c2ccc(-c3noc(C)n3)cc2Cl)cc2cnc(Nc3ccc(C4CCN(C)CC4)c(F)c3)nc21. The molecule has 0 amide bonds. The monoisotopic (exact) mass is 573 g/mol. The Bertz CT molecular complexity index is 1810. The van der Waals surface area contributed by atoms with Crippen LogP contribution in [0.15, 0.2) is 58.0 Å². The second-order valence-electron chi connectivity index (χ2n) is 10.4. The minimum absolute atomic E-state index is 0.221. The number of nitrogens with one attached hydrogen (secondary N) is 1. The van der Waals surface area contributed by atoms with E-state index in [-0.39, 0.29) is 23.2 Å². The summed E-state index contributed by atoms with van der Waals surface area (Å²) in [6, 6.07) is 12.2. The highest BCUT2D eigenvalue weighted by atomic mass is 35.5. The van der Waals surface area contributed by atoms with Gasteiger partial charge in [-0.1, -0.05) is 35.0 Å². The van der Waals surface area contributed by atoms with Gasteiger partial charge < -0.3 is 14.7 Å². The van der Waals surface area contributed by atoms with Crippen molar-refractivity contribution < 1.29 is 8.91 Å². The second-order valence-corrected chi connectivity index (χ2v) is 10.8. The number of benzene rings is 2. The normalized spacial score (nSPS) is 14.6. The third kappa shape index (κ3) is 5.32. The van der Waals surface area contributed by atoms with E-state index >= 15 is 4.39 Å². The summed E-state index contributed by atoms with van der Waals surface area (Å²) >= 11 is 6.63. The number of halogens is 2. The predicted octanol–water partition coefficient (Wildman–Crippen LogP) is 6.18. The highest BCUT2D eigenvalue weighted by molar-refractivity contribution is 6.33. The van der Waals surface area contributed by atoms with Gasteiger partial charge in [-0.25, -0.2) is 9.37 Å². The number of aromatic nitrogens is 5. The van der Waals surface area contributed by atoms with E-state index in [1.54, 1.807) is 42.0 Å². The van der Waals surface area contributed by atoms with Crippen molar-refractivity contribution in [2.24, 2.45) is 0 Å². The lowest BCUT2D eigenvalue weighted by Crippen LogP contribution is -2.29. The van der Waals surface area contributed by atoms with Gasteiger partial charge in [0, 0.05) is 52.5 Å². The summed E-state index contributed by atoms with van der Waals surface area (Å²) in [5.41, 5.74) is 3.21. The quantitative estimate of drug-likeness (QED) is 0.257. The lowest BCUT2D eigenvalue weighted by atomic mass is 9.89. The molecule has 0 saturated carbocycles. The van der Waals surface area contributed by atoms with Gasteiger partial charge in [0.15, 0.2) is 0 Å². The zero-order valence-corrected chi connectivity index (χ0v) is 23.7. The van der Waals surface area contributed by atoms with Crippen molar-refractivity contribution in [1.29, 1.82) is 0 Å². The Morgan fingerprint density at radius 3 is 2.59 bits per heavy atom. The van der Waals surface area contributed by atoms with Gasteiger partial charge in [-0.2, -0.15) is 9.97 Å². The standard InChI is InChI=1S/C30H29ClFN7O2/c1-4-39-28-20(13-24(29(39)40)23-7-5-19(14-25(23)31)27-34-17(2)41-37-27)16-33-30(36-28)35-21-6-8-22(26(32)15-21)18-9-11-38(3)12-10-18/h5-8,13-16,18H,4,9-12H2,1-3H3,(H,33,35,36). The topological polar surface area (TPSA) is 102 Å². The molecule has 1 N–H and O–H groups in total. The van der Waals surface area contributed by atoms with E-state index < -0.39 is 0 Å². The zero-order chi connectivity index (χ0) is 28.7. The molecule has 6 rings (SSSR count). The van der Waals surface area contributed by atoms with Crippen molar-refractivity contribution >= 4 is 34.3 Å². The van der Waals surface area contributed by atoms with Crippen LogP contribution in [0.4, 0.5) is 16.0 Å². The van der Waals surface area contributed by atoms with Gasteiger partial charge in [-0.15, -0.1) is 0 Å². The van der Waals surface area contributed by atoms with Gasteiger partial charge in [-0.05, 0) is 75.6 Å². The Kier molecular flexibility index (Phi) is 7.27. The van der Waals surface area contributed by atoms with Crippen LogP contribution >= 0.6 is 11.6 Å². The Labute approximate surface area is 241 Å². The predicted molar refractivity (Wildman–Crippen MR) is 157 cm³/mol. The van der Waals surface area contributed by atoms with Crippen LogP contribution in [-0.2, 0) is 6.54 Å². The number of rotatable bonds is 6. The third-order valence-corrected chi connectivity index (χ3v) is 7.92. The molecule has 0 bridgehead atoms. The summed E-state index contributed by atoms with van der Waals surface area (Å²) in [6.07, 6.45) is 3.53. The van der Waals surface area contributed by atoms with Crippen LogP contribution in [-0.4, -0.2) is 49.7 Å². The maximum Gasteiger partial charge on any atom is 0.260 e. The van der Waals surface area contributed by atoms with Crippen LogP contribution < -0.4 is 10.9 Å². The Hall–Kier alpha value is -4.15. The molecule has 1 aliphatic heterocycles. The minimum Gasteiger partial charge on any atom is -0.339 e. The average Bonchev–Trinajstić information content (AvgIpc) is 3.40. The zero-order valence-electron chi connectivity index (χ0n) is 23.0. The van der Waals surface area contributed by atoms with Crippen LogP contribution in [0, 0.1) is 12.7 Å². The van der Waals surface area contributed by atoms with Crippen molar-refractivity contribution in [2.75, 3.05) is 25.5 Å². The number of aryl methyl sites for hydroxylation is 2. The van der Waals surface area contributed by atoms with Crippen LogP contribution in [0.3, 0.4) is 0 Å². The number of fused-ring (bicyclic) bond motifs is 1. The molecule has 41 heavy (non-hydrogen) atoms. The molecular formula is C30H29ClFN7O2. The van der Waals surface area contributed by atoms with Gasteiger partial charge in [0.25, 0.3) is 5.56 Å². The highest BCUT2D eigenvalue weighted by Crippen LogP contribution is 2.33. The first-order valence-electron chi connectivity index (χ1n) is 13.6. The molecule has 210 valence electrons. The number of hydrogen-bond acceptors (Lipinski definition) is 8. The molecule has 3 aromatic heterocycles. The molecule has 1 aliphatic rings. The second kappa shape index (κ2) is 11.0. The molecule has 2 aromatic carbocycles. The molecule has 0 aliphatic carbocycles. The van der Waals surface area contributed by atoms with E-state index in [0.717, 1.165) is 31.5 Å². The number of nitrogens with zero attached hydrogens (tertiary/aromatic N) is 6. The number of piperidine rings is 1. The van der Waals surface area contributed by atoms with Gasteiger partial charge in [0.2, 0.25) is 17.7 Å². The largest absolute Gasteiger partial charge is 0.339 e. The maximum absolute atomic E-state index is 15.1. The highest BCUT2D eigenvalue weighted by Gasteiger charge is 2.22. The first kappa shape index (κ1) is 27.0. The maximum atomic E-state index is 15.1. The van der Waals surface area contributed by atoms with Crippen molar-refractivity contribution in [3.63, 3.8) is 0 Å². The van der Waals surface area contributed by atoms with Crippen LogP contribution in [0.5, 0.6) is 0 Å². The average molecular weight is 574 g/mol. The minimum atomic E-state index is -0.238. The Morgan fingerprint density at radius 1 is 1.10 bits per heavy atom. The number of likely N-dealkylation sites (tertiary alicyclic amines) is 1. The lowest BCUT2D eigenvalue weighted by molar-refractivity contribution is 0.253. The molecule has 0 atom stereocenters. The molecule has 0 unspecified atom stereocenters. The summed E-state index contributed by atoms with van der Waals surface area (Å²) in [6.45, 7) is 5.90. The van der Waals surface area contributed by atoms with Crippen molar-refractivity contribution in [3.05, 3.63) is 81.3 Å². The Morgan fingerprint density at radius 2 is 1.90 bits per heavy atom. The molecule has 9 nitrogen and oxygen atoms in total. The summed E-state index contributed by atoms with van der Waals surface area (Å²) in [7, 11) is 2.09. The molecule has 5 aromatic rings. The van der Waals surface area contributed by atoms with Gasteiger partial charge >= 0.3 is 0 Å². The summed E-state index contributed by atoms with van der Waals surface area (Å²) in [5, 5.41) is 8.08. The molecule has 0 radical (unpaired) electrons.